The molecule has 0 fully saturated rings. The number of nitro benzene ring substituents is 1. The minimum absolute atomic E-state index is 0.171. The van der Waals surface area contributed by atoms with Crippen LogP contribution in [-0.4, -0.2) is 215 Å². The zero-order valence-electron chi connectivity index (χ0n) is 39.0. The molecule has 0 radical (unpaired) electrons. The zero-order valence-corrected chi connectivity index (χ0v) is 39.8. The van der Waals surface area contributed by atoms with Crippen molar-refractivity contribution in [1.82, 2.24) is 33.7 Å². The van der Waals surface area contributed by atoms with Crippen molar-refractivity contribution in [3.8, 4) is 0 Å². The van der Waals surface area contributed by atoms with E-state index in [9.17, 15) is 47.3 Å². The maximum Gasteiger partial charge on any atom is 0.410 e. The van der Waals surface area contributed by atoms with Crippen molar-refractivity contribution >= 4 is 52.3 Å². The predicted octanol–water partition coefficient (Wildman–Crippen LogP) is 4.38. The average molecular weight is 949 g/mol. The third kappa shape index (κ3) is 19.8. The van der Waals surface area contributed by atoms with Crippen LogP contribution in [0.1, 0.15) is 55.4 Å². The van der Waals surface area contributed by atoms with Crippen molar-refractivity contribution in [2.24, 2.45) is 0 Å². The number of nitrogens with zero attached hydrogens (tertiary/aromatic N) is 8. The van der Waals surface area contributed by atoms with E-state index in [2.05, 4.69) is 0 Å². The number of hydrogen-bond acceptors (Lipinski definition) is 16. The Balaban J connectivity index is 3.26. The van der Waals surface area contributed by atoms with Crippen molar-refractivity contribution in [1.29, 1.82) is 0 Å². The van der Waals surface area contributed by atoms with E-state index in [0.717, 1.165) is 38.4 Å². The molecule has 0 saturated heterocycles. The van der Waals surface area contributed by atoms with Gasteiger partial charge in [-0.2, -0.15) is 4.31 Å². The fraction of sp³-hybridized carbons (Fsp3) is 0.700. The maximum absolute atomic E-state index is 13.9. The Labute approximate surface area is 381 Å². The third-order valence-corrected chi connectivity index (χ3v) is 11.7. The van der Waals surface area contributed by atoms with Crippen LogP contribution in [0, 0.1) is 10.1 Å². The highest BCUT2D eigenvalue weighted by atomic mass is 32.2. The van der Waals surface area contributed by atoms with Crippen LogP contribution < -0.4 is 0 Å². The summed E-state index contributed by atoms with van der Waals surface area (Å²) in [6, 6.07) is 4.06. The minimum atomic E-state index is -4.48. The second-order valence-corrected chi connectivity index (χ2v) is 15.4. The van der Waals surface area contributed by atoms with Gasteiger partial charge >= 0.3 is 36.6 Å². The Morgan fingerprint density at radius 2 is 0.662 bits per heavy atom. The molecular formula is C40H68N8O16S. The summed E-state index contributed by atoms with van der Waals surface area (Å²) < 4.78 is 60.8. The second-order valence-electron chi connectivity index (χ2n) is 13.5. The molecule has 1 aromatic rings. The van der Waals surface area contributed by atoms with Gasteiger partial charge in [0.1, 0.15) is 39.6 Å². The topological polar surface area (TPSA) is 258 Å². The first-order chi connectivity index (χ1) is 31.0. The van der Waals surface area contributed by atoms with Crippen molar-refractivity contribution in [3.05, 3.63) is 34.4 Å². The molecule has 0 aromatic heterocycles. The molecule has 370 valence electrons. The fourth-order valence-electron chi connectivity index (χ4n) is 5.75. The van der Waals surface area contributed by atoms with Gasteiger partial charge in [-0.1, -0.05) is 0 Å². The zero-order chi connectivity index (χ0) is 49.0. The molecule has 0 aliphatic heterocycles. The van der Waals surface area contributed by atoms with E-state index in [-0.39, 0.29) is 63.2 Å². The SMILES string of the molecule is CCN(CC)C(=O)OCCN(CCOC(=O)N(CC)CC)C(=O)OCCN(CCOC(=O)N(CCOC(=O)N(CC)CC)CCOC(=O)N(CC)CC)S(=O)(=O)c1ccc([N+](=O)[O-])cc1. The van der Waals surface area contributed by atoms with Gasteiger partial charge in [0.15, 0.2) is 0 Å². The van der Waals surface area contributed by atoms with E-state index >= 15 is 0 Å². The smallest absolute Gasteiger partial charge is 0.410 e. The van der Waals surface area contributed by atoms with Crippen molar-refractivity contribution in [2.45, 2.75) is 60.3 Å². The summed E-state index contributed by atoms with van der Waals surface area (Å²) in [5.41, 5.74) is -0.366. The molecule has 0 unspecified atom stereocenters. The molecule has 1 rings (SSSR count). The number of hydrogen-bond donors (Lipinski definition) is 0. The first kappa shape index (κ1) is 57.2. The number of nitro groups is 1. The van der Waals surface area contributed by atoms with Gasteiger partial charge in [-0.15, -0.1) is 0 Å². The summed E-state index contributed by atoms with van der Waals surface area (Å²) in [6.45, 7) is 13.6. The Morgan fingerprint density at radius 3 is 0.892 bits per heavy atom. The van der Waals surface area contributed by atoms with Crippen LogP contribution in [0.3, 0.4) is 0 Å². The van der Waals surface area contributed by atoms with Gasteiger partial charge in [-0.05, 0) is 67.5 Å². The van der Waals surface area contributed by atoms with E-state index in [0.29, 0.717) is 52.4 Å². The number of amides is 6. The molecule has 0 heterocycles. The van der Waals surface area contributed by atoms with Crippen molar-refractivity contribution < 1.29 is 70.5 Å². The molecule has 0 atom stereocenters. The van der Waals surface area contributed by atoms with Gasteiger partial charge in [0.2, 0.25) is 10.0 Å². The molecule has 0 saturated carbocycles. The summed E-state index contributed by atoms with van der Waals surface area (Å²) in [7, 11) is -4.48. The highest BCUT2D eigenvalue weighted by Gasteiger charge is 2.28. The lowest BCUT2D eigenvalue weighted by Crippen LogP contribution is -2.42. The van der Waals surface area contributed by atoms with Crippen LogP contribution in [0.5, 0.6) is 0 Å². The normalized spacial score (nSPS) is 10.9. The highest BCUT2D eigenvalue weighted by molar-refractivity contribution is 7.89. The molecular weight excluding hydrogens is 881 g/mol. The molecule has 0 N–H and O–H groups in total. The molecule has 65 heavy (non-hydrogen) atoms. The molecule has 0 aliphatic rings. The molecule has 1 aromatic carbocycles. The first-order valence-electron chi connectivity index (χ1n) is 21.7. The van der Waals surface area contributed by atoms with Crippen LogP contribution >= 0.6 is 0 Å². The van der Waals surface area contributed by atoms with Crippen LogP contribution in [0.25, 0.3) is 0 Å². The van der Waals surface area contributed by atoms with Gasteiger partial charge < -0.3 is 57.8 Å². The van der Waals surface area contributed by atoms with E-state index in [1.807, 2.05) is 0 Å². The minimum Gasteiger partial charge on any atom is -0.448 e. The largest absolute Gasteiger partial charge is 0.448 e. The Morgan fingerprint density at radius 1 is 0.431 bits per heavy atom. The summed E-state index contributed by atoms with van der Waals surface area (Å²) in [4.78, 5) is 94.7. The summed E-state index contributed by atoms with van der Waals surface area (Å²) in [6.07, 6.45) is -4.34. The van der Waals surface area contributed by atoms with Crippen LogP contribution in [-0.2, 0) is 38.4 Å². The number of non-ortho nitro benzene ring substituents is 1. The third-order valence-electron chi connectivity index (χ3n) is 9.77. The number of ether oxygens (including phenoxy) is 6. The van der Waals surface area contributed by atoms with Crippen molar-refractivity contribution in [2.75, 3.05) is 131 Å². The van der Waals surface area contributed by atoms with E-state index < -0.39 is 77.8 Å². The molecule has 0 bridgehead atoms. The van der Waals surface area contributed by atoms with E-state index in [1.165, 1.54) is 19.6 Å². The Hall–Kier alpha value is -5.85. The lowest BCUT2D eigenvalue weighted by atomic mass is 10.3. The number of carbonyl (C=O) groups excluding carboxylic acids is 6. The van der Waals surface area contributed by atoms with Gasteiger partial charge in [0.25, 0.3) is 5.69 Å². The number of benzene rings is 1. The first-order valence-corrected chi connectivity index (χ1v) is 23.2. The maximum atomic E-state index is 13.9. The fourth-order valence-corrected chi connectivity index (χ4v) is 7.15. The van der Waals surface area contributed by atoms with Crippen LogP contribution in [0.15, 0.2) is 29.2 Å². The lowest BCUT2D eigenvalue weighted by molar-refractivity contribution is -0.384. The lowest BCUT2D eigenvalue weighted by Gasteiger charge is -2.26. The predicted molar refractivity (Wildman–Crippen MR) is 235 cm³/mol. The Bertz CT molecular complexity index is 1600. The van der Waals surface area contributed by atoms with Gasteiger partial charge in [0, 0.05) is 77.6 Å². The molecule has 25 heteroatoms. The number of rotatable bonds is 29. The molecule has 24 nitrogen and oxygen atoms in total. The number of carbonyl (C=O) groups is 6. The van der Waals surface area contributed by atoms with Crippen LogP contribution in [0.4, 0.5) is 34.5 Å². The monoisotopic (exact) mass is 948 g/mol. The Kier molecular flexibility index (Phi) is 27.3. The van der Waals surface area contributed by atoms with Gasteiger partial charge in [-0.25, -0.2) is 37.2 Å². The van der Waals surface area contributed by atoms with Gasteiger partial charge in [-0.3, -0.25) is 10.1 Å². The second kappa shape index (κ2) is 31.1. The quantitative estimate of drug-likeness (QED) is 0.0613. The summed E-state index contributed by atoms with van der Waals surface area (Å²) in [5.74, 6) is 0. The average Bonchev–Trinajstić information content (AvgIpc) is 3.28. The van der Waals surface area contributed by atoms with Crippen molar-refractivity contribution in [3.63, 3.8) is 0 Å². The van der Waals surface area contributed by atoms with Crippen LogP contribution in [0.2, 0.25) is 0 Å². The van der Waals surface area contributed by atoms with E-state index in [1.54, 1.807) is 55.4 Å². The standard InChI is InChI=1S/C40H68N8O16S/c1-9-41(10-2)35(49)59-27-21-45(22-28-60-36(50)42(11-3)12-4)39(53)63-31-25-47(65(57,58)34-19-17-33(18-20-34)48(55)56)26-32-64-40(54)46(23-29-61-37(51)43(13-5)14-6)24-30-62-38(52)44(15-7)16-8/h17-20H,9-16,21-32H2,1-8H3. The molecule has 0 aliphatic carbocycles. The number of sulfonamides is 1. The van der Waals surface area contributed by atoms with E-state index in [4.69, 9.17) is 28.4 Å². The highest BCUT2D eigenvalue weighted by Crippen LogP contribution is 2.20. The van der Waals surface area contributed by atoms with Gasteiger partial charge in [0.05, 0.1) is 36.0 Å². The summed E-state index contributed by atoms with van der Waals surface area (Å²) >= 11 is 0. The molecule has 0 spiro atoms. The molecule has 6 amide bonds. The summed E-state index contributed by atoms with van der Waals surface area (Å²) in [5, 5.41) is 11.3.